The lowest BCUT2D eigenvalue weighted by Gasteiger charge is -2.21. The van der Waals surface area contributed by atoms with Crippen molar-refractivity contribution in [2.24, 2.45) is 0 Å². The Kier molecular flexibility index (Phi) is 14.2. The molecule has 0 atom stereocenters. The number of H-pyrrole nitrogens is 1. The van der Waals surface area contributed by atoms with Gasteiger partial charge in [-0.05, 0) is 23.1 Å². The van der Waals surface area contributed by atoms with Crippen LogP contribution in [0.4, 0.5) is 4.79 Å². The van der Waals surface area contributed by atoms with Crippen LogP contribution in [-0.2, 0) is 16.1 Å². The van der Waals surface area contributed by atoms with Crippen molar-refractivity contribution < 1.29 is 14.3 Å². The Morgan fingerprint density at radius 2 is 1.51 bits per heavy atom. The molecule has 0 aliphatic rings. The third-order valence-electron chi connectivity index (χ3n) is 4.69. The molecule has 3 rings (SSSR count). The van der Waals surface area contributed by atoms with Crippen molar-refractivity contribution >= 4 is 12.0 Å². The summed E-state index contributed by atoms with van der Waals surface area (Å²) in [7, 11) is 1.26. The molecule has 1 heterocycles. The SMILES string of the molecule is CC.CCC.CCCN(Cc1ncc(-c2ccc(-c3ccccc3)cc2)[nH]1)C(=O)CNC(=O)OC. The fourth-order valence-electron chi connectivity index (χ4n) is 3.14. The molecule has 190 valence electrons. The van der Waals surface area contributed by atoms with Crippen LogP contribution in [0, 0.1) is 0 Å². The Morgan fingerprint density at radius 1 is 0.943 bits per heavy atom. The monoisotopic (exact) mass is 480 g/mol. The van der Waals surface area contributed by atoms with Gasteiger partial charge in [0.2, 0.25) is 5.91 Å². The molecule has 0 spiro atoms. The van der Waals surface area contributed by atoms with Crippen molar-refractivity contribution in [3.05, 3.63) is 66.6 Å². The van der Waals surface area contributed by atoms with Gasteiger partial charge in [-0.1, -0.05) is 95.6 Å². The molecule has 0 fully saturated rings. The quantitative estimate of drug-likeness (QED) is 0.397. The number of imidazole rings is 1. The highest BCUT2D eigenvalue weighted by molar-refractivity contribution is 5.82. The van der Waals surface area contributed by atoms with E-state index in [0.29, 0.717) is 18.9 Å². The van der Waals surface area contributed by atoms with Crippen molar-refractivity contribution in [1.82, 2.24) is 20.2 Å². The number of benzene rings is 2. The van der Waals surface area contributed by atoms with E-state index in [1.807, 2.05) is 39.0 Å². The predicted octanol–water partition coefficient (Wildman–Crippen LogP) is 6.28. The third kappa shape index (κ3) is 10.0. The first-order valence-corrected chi connectivity index (χ1v) is 12.3. The fraction of sp³-hybridized carbons (Fsp3) is 0.393. The average molecular weight is 481 g/mol. The first-order chi connectivity index (χ1) is 17.0. The minimum Gasteiger partial charge on any atom is -0.453 e. The Bertz CT molecular complexity index is 985. The largest absolute Gasteiger partial charge is 0.453 e. The van der Waals surface area contributed by atoms with E-state index in [9.17, 15) is 9.59 Å². The van der Waals surface area contributed by atoms with E-state index in [-0.39, 0.29) is 12.5 Å². The molecule has 2 aromatic carbocycles. The van der Waals surface area contributed by atoms with Crippen molar-refractivity contribution in [2.75, 3.05) is 20.2 Å². The molecule has 2 amide bonds. The smallest absolute Gasteiger partial charge is 0.407 e. The average Bonchev–Trinajstić information content (AvgIpc) is 3.37. The molecule has 3 aromatic rings. The molecule has 0 saturated heterocycles. The summed E-state index contributed by atoms with van der Waals surface area (Å²) in [5.74, 6) is 0.504. The van der Waals surface area contributed by atoms with Crippen molar-refractivity contribution in [2.45, 2.75) is 54.0 Å². The second-order valence-electron chi connectivity index (χ2n) is 7.55. The number of ether oxygens (including phenoxy) is 1. The van der Waals surface area contributed by atoms with Gasteiger partial charge in [0.1, 0.15) is 12.4 Å². The number of carbonyl (C=O) groups excluding carboxylic acids is 2. The molecule has 2 N–H and O–H groups in total. The molecular weight excluding hydrogens is 440 g/mol. The van der Waals surface area contributed by atoms with Gasteiger partial charge in [-0.25, -0.2) is 9.78 Å². The van der Waals surface area contributed by atoms with E-state index in [4.69, 9.17) is 0 Å². The van der Waals surface area contributed by atoms with E-state index < -0.39 is 6.09 Å². The molecule has 0 bridgehead atoms. The topological polar surface area (TPSA) is 87.3 Å². The minimum absolute atomic E-state index is 0.110. The number of methoxy groups -OCH3 is 1. The van der Waals surface area contributed by atoms with Gasteiger partial charge in [0.05, 0.1) is 25.5 Å². The van der Waals surface area contributed by atoms with Gasteiger partial charge >= 0.3 is 6.09 Å². The number of rotatable bonds is 8. The second-order valence-corrected chi connectivity index (χ2v) is 7.55. The molecule has 7 heteroatoms. The van der Waals surface area contributed by atoms with Crippen LogP contribution in [0.3, 0.4) is 0 Å². The number of aromatic amines is 1. The van der Waals surface area contributed by atoms with Crippen LogP contribution in [-0.4, -0.2) is 47.1 Å². The van der Waals surface area contributed by atoms with E-state index in [2.05, 4.69) is 70.3 Å². The Hall–Kier alpha value is -3.61. The molecule has 0 aliphatic heterocycles. The maximum absolute atomic E-state index is 12.4. The van der Waals surface area contributed by atoms with Gasteiger partial charge in [0.25, 0.3) is 0 Å². The maximum Gasteiger partial charge on any atom is 0.407 e. The van der Waals surface area contributed by atoms with E-state index in [1.54, 1.807) is 11.1 Å². The first kappa shape index (κ1) is 29.4. The highest BCUT2D eigenvalue weighted by atomic mass is 16.5. The molecule has 0 saturated carbocycles. The molecule has 7 nitrogen and oxygen atoms in total. The first-order valence-electron chi connectivity index (χ1n) is 12.3. The highest BCUT2D eigenvalue weighted by Crippen LogP contribution is 2.24. The standard InChI is InChI=1S/C23H26N4O3.C3H8.C2H6/c1-3-13-27(22(28)15-25-23(29)30-2)16-21-24-14-20(26-21)19-11-9-18(10-12-19)17-7-5-4-6-8-17;1-3-2;1-2/h4-12,14H,3,13,15-16H2,1-2H3,(H,24,26)(H,25,29);3H2,1-2H3;1-2H3. The predicted molar refractivity (Wildman–Crippen MR) is 143 cm³/mol. The number of amides is 2. The third-order valence-corrected chi connectivity index (χ3v) is 4.69. The van der Waals surface area contributed by atoms with Crippen LogP contribution in [0.5, 0.6) is 0 Å². The summed E-state index contributed by atoms with van der Waals surface area (Å²) < 4.78 is 4.51. The molecule has 0 aliphatic carbocycles. The summed E-state index contributed by atoms with van der Waals surface area (Å²) in [6.45, 7) is 11.1. The number of hydrogen-bond acceptors (Lipinski definition) is 4. The van der Waals surface area contributed by atoms with Gasteiger partial charge in [0, 0.05) is 6.54 Å². The zero-order chi connectivity index (χ0) is 26.1. The molecule has 0 radical (unpaired) electrons. The van der Waals surface area contributed by atoms with Crippen molar-refractivity contribution in [3.8, 4) is 22.4 Å². The maximum atomic E-state index is 12.4. The van der Waals surface area contributed by atoms with Gasteiger partial charge in [0.15, 0.2) is 0 Å². The van der Waals surface area contributed by atoms with Crippen molar-refractivity contribution in [1.29, 1.82) is 0 Å². The van der Waals surface area contributed by atoms with E-state index in [0.717, 1.165) is 23.2 Å². The second kappa shape index (κ2) is 16.9. The van der Waals surface area contributed by atoms with Gasteiger partial charge < -0.3 is 19.9 Å². The summed E-state index contributed by atoms with van der Waals surface area (Å²) in [5, 5.41) is 2.42. The summed E-state index contributed by atoms with van der Waals surface area (Å²) in [4.78, 5) is 33.0. The lowest BCUT2D eigenvalue weighted by atomic mass is 10.0. The number of nitrogens with zero attached hydrogens (tertiary/aromatic N) is 2. The van der Waals surface area contributed by atoms with Gasteiger partial charge in [-0.3, -0.25) is 4.79 Å². The molecular formula is C28H40N4O3. The number of nitrogens with one attached hydrogen (secondary N) is 2. The Labute approximate surface area is 209 Å². The van der Waals surface area contributed by atoms with Crippen LogP contribution in [0.15, 0.2) is 60.8 Å². The summed E-state index contributed by atoms with van der Waals surface area (Å²) in [6, 6.07) is 18.5. The lowest BCUT2D eigenvalue weighted by Crippen LogP contribution is -2.40. The number of carbonyl (C=O) groups is 2. The van der Waals surface area contributed by atoms with Crippen molar-refractivity contribution in [3.63, 3.8) is 0 Å². The number of hydrogen-bond donors (Lipinski definition) is 2. The molecule has 1 aromatic heterocycles. The highest BCUT2D eigenvalue weighted by Gasteiger charge is 2.16. The van der Waals surface area contributed by atoms with E-state index in [1.165, 1.54) is 19.1 Å². The number of alkyl carbamates (subject to hydrolysis) is 1. The van der Waals surface area contributed by atoms with Crippen LogP contribution < -0.4 is 5.32 Å². The molecule has 0 unspecified atom stereocenters. The van der Waals surface area contributed by atoms with Crippen LogP contribution in [0.2, 0.25) is 0 Å². The van der Waals surface area contributed by atoms with Gasteiger partial charge in [-0.2, -0.15) is 0 Å². The zero-order valence-electron chi connectivity index (χ0n) is 21.9. The summed E-state index contributed by atoms with van der Waals surface area (Å²) in [6.07, 6.45) is 3.20. The number of aromatic nitrogens is 2. The normalized spacial score (nSPS) is 9.66. The Balaban J connectivity index is 0.00000114. The lowest BCUT2D eigenvalue weighted by molar-refractivity contribution is -0.130. The fourth-order valence-corrected chi connectivity index (χ4v) is 3.14. The van der Waals surface area contributed by atoms with Crippen LogP contribution >= 0.6 is 0 Å². The van der Waals surface area contributed by atoms with Gasteiger partial charge in [-0.15, -0.1) is 0 Å². The Morgan fingerprint density at radius 3 is 2.09 bits per heavy atom. The minimum atomic E-state index is -0.626. The molecule has 35 heavy (non-hydrogen) atoms. The van der Waals surface area contributed by atoms with Crippen LogP contribution in [0.25, 0.3) is 22.4 Å². The zero-order valence-corrected chi connectivity index (χ0v) is 21.9. The van der Waals surface area contributed by atoms with E-state index >= 15 is 0 Å². The van der Waals surface area contributed by atoms with Crippen LogP contribution in [0.1, 0.15) is 53.3 Å². The summed E-state index contributed by atoms with van der Waals surface area (Å²) >= 11 is 0. The summed E-state index contributed by atoms with van der Waals surface area (Å²) in [5.41, 5.74) is 4.23.